The van der Waals surface area contributed by atoms with Gasteiger partial charge in [0.25, 0.3) is 5.91 Å². The zero-order valence-corrected chi connectivity index (χ0v) is 10.3. The maximum Gasteiger partial charge on any atom is 0.327 e. The normalized spacial score (nSPS) is 20.3. The van der Waals surface area contributed by atoms with Crippen molar-refractivity contribution in [1.82, 2.24) is 10.2 Å². The second kappa shape index (κ2) is 4.85. The van der Waals surface area contributed by atoms with E-state index in [0.29, 0.717) is 25.2 Å². The molecule has 0 spiro atoms. The van der Waals surface area contributed by atoms with Gasteiger partial charge in [0.05, 0.1) is 5.56 Å². The molecule has 2 heterocycles. The molecule has 0 saturated carbocycles. The highest BCUT2D eigenvalue weighted by Gasteiger charge is 2.32. The molecule has 1 unspecified atom stereocenters. The van der Waals surface area contributed by atoms with Gasteiger partial charge in [0.2, 0.25) is 0 Å². The predicted molar refractivity (Wildman–Crippen MR) is 64.4 cm³/mol. The molecule has 92 valence electrons. The lowest BCUT2D eigenvalue weighted by atomic mass is 10.1. The van der Waals surface area contributed by atoms with Gasteiger partial charge in [-0.3, -0.25) is 4.79 Å². The van der Waals surface area contributed by atoms with E-state index in [2.05, 4.69) is 5.32 Å². The first kappa shape index (κ1) is 12.1. The van der Waals surface area contributed by atoms with E-state index in [4.69, 9.17) is 5.11 Å². The standard InChI is InChI=1S/C11H14N2O3S/c1-7-5-17-6-8(7)10(14)13-3-2-12-4-9(13)11(15)16/h5-6,9,12H,2-4H2,1H3,(H,15,16). The fourth-order valence-corrected chi connectivity index (χ4v) is 2.72. The first-order chi connectivity index (χ1) is 8.11. The molecule has 1 aliphatic heterocycles. The molecule has 2 N–H and O–H groups in total. The minimum atomic E-state index is -0.960. The van der Waals surface area contributed by atoms with E-state index in [9.17, 15) is 9.59 Å². The average molecular weight is 254 g/mol. The third kappa shape index (κ3) is 2.32. The Hall–Kier alpha value is -1.40. The highest BCUT2D eigenvalue weighted by Crippen LogP contribution is 2.18. The Labute approximate surface area is 103 Å². The summed E-state index contributed by atoms with van der Waals surface area (Å²) in [5, 5.41) is 15.8. The van der Waals surface area contributed by atoms with Crippen LogP contribution >= 0.6 is 11.3 Å². The van der Waals surface area contributed by atoms with E-state index in [0.717, 1.165) is 5.56 Å². The third-order valence-corrected chi connectivity index (χ3v) is 3.74. The van der Waals surface area contributed by atoms with Crippen LogP contribution in [0, 0.1) is 6.92 Å². The molecule has 1 aliphatic rings. The molecule has 1 aromatic heterocycles. The minimum absolute atomic E-state index is 0.183. The quantitative estimate of drug-likeness (QED) is 0.809. The maximum atomic E-state index is 12.2. The van der Waals surface area contributed by atoms with Crippen LogP contribution in [0.2, 0.25) is 0 Å². The number of rotatable bonds is 2. The van der Waals surface area contributed by atoms with Gasteiger partial charge in [0.1, 0.15) is 6.04 Å². The number of hydrogen-bond acceptors (Lipinski definition) is 4. The molecule has 0 bridgehead atoms. The van der Waals surface area contributed by atoms with Crippen molar-refractivity contribution in [3.05, 3.63) is 21.9 Å². The summed E-state index contributed by atoms with van der Waals surface area (Å²) in [7, 11) is 0. The number of piperazine rings is 1. The first-order valence-corrected chi connectivity index (χ1v) is 6.33. The average Bonchev–Trinajstić information content (AvgIpc) is 2.74. The number of thiophene rings is 1. The van der Waals surface area contributed by atoms with E-state index in [1.165, 1.54) is 16.2 Å². The van der Waals surface area contributed by atoms with Gasteiger partial charge < -0.3 is 15.3 Å². The number of nitrogens with zero attached hydrogens (tertiary/aromatic N) is 1. The van der Waals surface area contributed by atoms with Gasteiger partial charge in [0.15, 0.2) is 0 Å². The van der Waals surface area contributed by atoms with Crippen molar-refractivity contribution in [1.29, 1.82) is 0 Å². The first-order valence-electron chi connectivity index (χ1n) is 5.38. The second-order valence-corrected chi connectivity index (χ2v) is 4.77. The Morgan fingerprint density at radius 1 is 1.53 bits per heavy atom. The Morgan fingerprint density at radius 2 is 2.29 bits per heavy atom. The molecular formula is C11H14N2O3S. The van der Waals surface area contributed by atoms with Crippen molar-refractivity contribution in [3.8, 4) is 0 Å². The summed E-state index contributed by atoms with van der Waals surface area (Å²) < 4.78 is 0. The lowest BCUT2D eigenvalue weighted by Gasteiger charge is -2.33. The summed E-state index contributed by atoms with van der Waals surface area (Å²) in [4.78, 5) is 24.8. The number of amides is 1. The number of hydrogen-bond donors (Lipinski definition) is 2. The van der Waals surface area contributed by atoms with Crippen LogP contribution in [0.5, 0.6) is 0 Å². The molecule has 2 rings (SSSR count). The molecule has 0 radical (unpaired) electrons. The Morgan fingerprint density at radius 3 is 2.88 bits per heavy atom. The molecular weight excluding hydrogens is 240 g/mol. The summed E-state index contributed by atoms with van der Waals surface area (Å²) in [6.45, 7) is 3.25. The molecule has 6 heteroatoms. The van der Waals surface area contributed by atoms with Crippen molar-refractivity contribution < 1.29 is 14.7 Å². The molecule has 0 aliphatic carbocycles. The number of aryl methyl sites for hydroxylation is 1. The van der Waals surface area contributed by atoms with Gasteiger partial charge in [-0.05, 0) is 17.9 Å². The number of carbonyl (C=O) groups is 2. The summed E-state index contributed by atoms with van der Waals surface area (Å²) in [6, 6.07) is -0.768. The number of carboxylic acids is 1. The third-order valence-electron chi connectivity index (χ3n) is 2.88. The molecule has 1 amide bonds. The Bertz CT molecular complexity index is 444. The summed E-state index contributed by atoms with van der Waals surface area (Å²) in [5.74, 6) is -1.14. The fraction of sp³-hybridized carbons (Fsp3) is 0.455. The summed E-state index contributed by atoms with van der Waals surface area (Å²) in [5.41, 5.74) is 1.52. The largest absolute Gasteiger partial charge is 0.480 e. The summed E-state index contributed by atoms with van der Waals surface area (Å²) >= 11 is 1.46. The van der Waals surface area contributed by atoms with Crippen LogP contribution in [0.25, 0.3) is 0 Å². The lowest BCUT2D eigenvalue weighted by molar-refractivity contribution is -0.142. The number of nitrogens with one attached hydrogen (secondary N) is 1. The van der Waals surface area contributed by atoms with Gasteiger partial charge in [0, 0.05) is 25.0 Å². The van der Waals surface area contributed by atoms with E-state index in [1.807, 2.05) is 12.3 Å². The monoisotopic (exact) mass is 254 g/mol. The molecule has 1 saturated heterocycles. The van der Waals surface area contributed by atoms with E-state index < -0.39 is 12.0 Å². The summed E-state index contributed by atoms with van der Waals surface area (Å²) in [6.07, 6.45) is 0. The van der Waals surface area contributed by atoms with Crippen LogP contribution in [-0.2, 0) is 4.79 Å². The maximum absolute atomic E-state index is 12.2. The minimum Gasteiger partial charge on any atom is -0.480 e. The Balaban J connectivity index is 2.23. The number of aliphatic carboxylic acids is 1. The number of carbonyl (C=O) groups excluding carboxylic acids is 1. The van der Waals surface area contributed by atoms with Gasteiger partial charge in [-0.2, -0.15) is 11.3 Å². The van der Waals surface area contributed by atoms with Crippen molar-refractivity contribution in [2.45, 2.75) is 13.0 Å². The van der Waals surface area contributed by atoms with Gasteiger partial charge in [-0.25, -0.2) is 4.79 Å². The van der Waals surface area contributed by atoms with Crippen molar-refractivity contribution in [2.24, 2.45) is 0 Å². The van der Waals surface area contributed by atoms with E-state index >= 15 is 0 Å². The van der Waals surface area contributed by atoms with Crippen molar-refractivity contribution in [2.75, 3.05) is 19.6 Å². The zero-order valence-electron chi connectivity index (χ0n) is 9.47. The van der Waals surface area contributed by atoms with Crippen molar-refractivity contribution >= 4 is 23.2 Å². The molecule has 17 heavy (non-hydrogen) atoms. The lowest BCUT2D eigenvalue weighted by Crippen LogP contribution is -2.57. The molecule has 0 aromatic carbocycles. The van der Waals surface area contributed by atoms with Crippen molar-refractivity contribution in [3.63, 3.8) is 0 Å². The van der Waals surface area contributed by atoms with Crippen LogP contribution in [0.15, 0.2) is 10.8 Å². The topological polar surface area (TPSA) is 69.6 Å². The molecule has 1 atom stereocenters. The SMILES string of the molecule is Cc1cscc1C(=O)N1CCNCC1C(=O)O. The zero-order chi connectivity index (χ0) is 12.4. The molecule has 1 aromatic rings. The van der Waals surface area contributed by atoms with E-state index in [1.54, 1.807) is 5.38 Å². The molecule has 1 fully saturated rings. The van der Waals surface area contributed by atoms with Crippen LogP contribution in [-0.4, -0.2) is 47.6 Å². The second-order valence-electron chi connectivity index (χ2n) is 4.03. The Kier molecular flexibility index (Phi) is 3.44. The highest BCUT2D eigenvalue weighted by atomic mass is 32.1. The fourth-order valence-electron chi connectivity index (χ4n) is 1.90. The van der Waals surface area contributed by atoms with Gasteiger partial charge >= 0.3 is 5.97 Å². The van der Waals surface area contributed by atoms with Crippen LogP contribution in [0.1, 0.15) is 15.9 Å². The van der Waals surface area contributed by atoms with Gasteiger partial charge in [-0.1, -0.05) is 0 Å². The van der Waals surface area contributed by atoms with Crippen LogP contribution < -0.4 is 5.32 Å². The predicted octanol–water partition coefficient (Wildman–Crippen LogP) is 0.555. The smallest absolute Gasteiger partial charge is 0.327 e. The van der Waals surface area contributed by atoms with E-state index in [-0.39, 0.29) is 5.91 Å². The van der Waals surface area contributed by atoms with Gasteiger partial charge in [-0.15, -0.1) is 0 Å². The van der Waals surface area contributed by atoms with Crippen LogP contribution in [0.4, 0.5) is 0 Å². The number of carboxylic acid groups (broad SMARTS) is 1. The molecule has 5 nitrogen and oxygen atoms in total. The highest BCUT2D eigenvalue weighted by molar-refractivity contribution is 7.08. The van der Waals surface area contributed by atoms with Crippen LogP contribution in [0.3, 0.4) is 0 Å².